The van der Waals surface area contributed by atoms with E-state index in [9.17, 15) is 17.6 Å². The smallest absolute Gasteiger partial charge is 0.252 e. The first-order chi connectivity index (χ1) is 12.8. The number of halogens is 1. The van der Waals surface area contributed by atoms with Crippen molar-refractivity contribution >= 4 is 21.6 Å². The highest BCUT2D eigenvalue weighted by molar-refractivity contribution is 7.89. The lowest BCUT2D eigenvalue weighted by Gasteiger charge is -2.35. The van der Waals surface area contributed by atoms with Crippen molar-refractivity contribution in [3.8, 4) is 5.75 Å². The molecule has 0 atom stereocenters. The van der Waals surface area contributed by atoms with Gasteiger partial charge in [-0.25, -0.2) is 12.8 Å². The molecular weight excluding hydrogens is 373 g/mol. The molecule has 0 spiro atoms. The predicted molar refractivity (Wildman–Crippen MR) is 98.9 cm³/mol. The van der Waals surface area contributed by atoms with Gasteiger partial charge in [0.05, 0.1) is 23.3 Å². The number of sulfonamides is 1. The van der Waals surface area contributed by atoms with E-state index in [1.165, 1.54) is 35.7 Å². The number of ether oxygens (including phenoxy) is 1. The summed E-state index contributed by atoms with van der Waals surface area (Å²) in [5.74, 6) is -0.894. The Labute approximate surface area is 157 Å². The molecule has 0 unspecified atom stereocenters. The molecule has 9 heteroatoms. The molecule has 1 heterocycles. The zero-order valence-electron chi connectivity index (χ0n) is 14.8. The Morgan fingerprint density at radius 2 is 1.78 bits per heavy atom. The minimum absolute atomic E-state index is 0.00330. The first-order valence-electron chi connectivity index (χ1n) is 8.32. The summed E-state index contributed by atoms with van der Waals surface area (Å²) in [4.78, 5) is 13.3. The lowest BCUT2D eigenvalue weighted by Crippen LogP contribution is -2.48. The normalized spacial score (nSPS) is 15.6. The number of carbonyl (C=O) groups is 1. The Balaban J connectivity index is 1.80. The number of para-hydroxylation sites is 1. The summed E-state index contributed by atoms with van der Waals surface area (Å²) < 4.78 is 46.1. The highest BCUT2D eigenvalue weighted by Gasteiger charge is 2.30. The van der Waals surface area contributed by atoms with Gasteiger partial charge in [0.25, 0.3) is 5.91 Å². The average Bonchev–Trinajstić information content (AvgIpc) is 2.68. The van der Waals surface area contributed by atoms with Crippen molar-refractivity contribution in [1.82, 2.24) is 4.31 Å². The molecule has 1 aliphatic rings. The number of nitrogens with two attached hydrogens (primary N) is 1. The maximum Gasteiger partial charge on any atom is 0.252 e. The van der Waals surface area contributed by atoms with Gasteiger partial charge in [0, 0.05) is 26.2 Å². The number of benzene rings is 2. The van der Waals surface area contributed by atoms with Gasteiger partial charge in [-0.05, 0) is 30.3 Å². The number of primary amides is 1. The van der Waals surface area contributed by atoms with E-state index in [-0.39, 0.29) is 35.1 Å². The third kappa shape index (κ3) is 3.74. The first kappa shape index (κ1) is 19.1. The third-order valence-corrected chi connectivity index (χ3v) is 6.40. The van der Waals surface area contributed by atoms with Crippen molar-refractivity contribution in [3.63, 3.8) is 0 Å². The average molecular weight is 393 g/mol. The molecular formula is C18H20FN3O4S. The number of piperazine rings is 1. The third-order valence-electron chi connectivity index (χ3n) is 4.51. The van der Waals surface area contributed by atoms with Gasteiger partial charge in [-0.2, -0.15) is 4.31 Å². The summed E-state index contributed by atoms with van der Waals surface area (Å²) in [6, 6.07) is 10.4. The number of hydrogen-bond donors (Lipinski definition) is 1. The van der Waals surface area contributed by atoms with E-state index in [1.807, 2.05) is 4.90 Å². The van der Waals surface area contributed by atoms with Gasteiger partial charge in [0.1, 0.15) is 11.6 Å². The summed E-state index contributed by atoms with van der Waals surface area (Å²) >= 11 is 0. The van der Waals surface area contributed by atoms with E-state index in [2.05, 4.69) is 0 Å². The van der Waals surface area contributed by atoms with Crippen LogP contribution in [-0.4, -0.2) is 51.9 Å². The van der Waals surface area contributed by atoms with Crippen molar-refractivity contribution in [2.24, 2.45) is 5.73 Å². The van der Waals surface area contributed by atoms with Crippen molar-refractivity contribution in [2.75, 3.05) is 38.2 Å². The van der Waals surface area contributed by atoms with Crippen LogP contribution >= 0.6 is 0 Å². The summed E-state index contributed by atoms with van der Waals surface area (Å²) in [5, 5.41) is 0. The molecule has 0 bridgehead atoms. The zero-order chi connectivity index (χ0) is 19.6. The number of rotatable bonds is 5. The van der Waals surface area contributed by atoms with Crippen LogP contribution in [-0.2, 0) is 10.0 Å². The van der Waals surface area contributed by atoms with Crippen LogP contribution in [0.15, 0.2) is 47.4 Å². The van der Waals surface area contributed by atoms with Crippen LogP contribution in [0.25, 0.3) is 0 Å². The molecule has 1 fully saturated rings. The van der Waals surface area contributed by atoms with E-state index >= 15 is 0 Å². The molecule has 1 aliphatic heterocycles. The molecule has 0 radical (unpaired) electrons. The first-order valence-corrected chi connectivity index (χ1v) is 9.76. The van der Waals surface area contributed by atoms with Crippen LogP contribution in [0.5, 0.6) is 5.75 Å². The maximum absolute atomic E-state index is 13.9. The molecule has 144 valence electrons. The minimum atomic E-state index is -3.81. The highest BCUT2D eigenvalue weighted by atomic mass is 32.2. The molecule has 2 aromatic carbocycles. The Morgan fingerprint density at radius 3 is 2.37 bits per heavy atom. The monoisotopic (exact) mass is 393 g/mol. The quantitative estimate of drug-likeness (QED) is 0.830. The van der Waals surface area contributed by atoms with Gasteiger partial charge in [-0.15, -0.1) is 0 Å². The van der Waals surface area contributed by atoms with Crippen LogP contribution in [0, 0.1) is 5.82 Å². The van der Waals surface area contributed by atoms with Crippen LogP contribution in [0.4, 0.5) is 10.1 Å². The summed E-state index contributed by atoms with van der Waals surface area (Å²) in [6.45, 7) is 1.13. The fraction of sp³-hybridized carbons (Fsp3) is 0.278. The molecule has 1 saturated heterocycles. The second-order valence-electron chi connectivity index (χ2n) is 6.07. The van der Waals surface area contributed by atoms with Gasteiger partial charge < -0.3 is 15.4 Å². The van der Waals surface area contributed by atoms with Gasteiger partial charge in [-0.1, -0.05) is 12.1 Å². The van der Waals surface area contributed by atoms with Crippen LogP contribution in [0.1, 0.15) is 10.4 Å². The predicted octanol–water partition coefficient (Wildman–Crippen LogP) is 1.44. The molecule has 3 rings (SSSR count). The summed E-state index contributed by atoms with van der Waals surface area (Å²) in [6.07, 6.45) is 0. The van der Waals surface area contributed by atoms with Crippen molar-refractivity contribution < 1.29 is 22.3 Å². The van der Waals surface area contributed by atoms with Crippen LogP contribution in [0.2, 0.25) is 0 Å². The topological polar surface area (TPSA) is 92.9 Å². The second-order valence-corrected chi connectivity index (χ2v) is 8.01. The zero-order valence-corrected chi connectivity index (χ0v) is 15.6. The molecule has 7 nitrogen and oxygen atoms in total. The van der Waals surface area contributed by atoms with Gasteiger partial charge in [0.15, 0.2) is 0 Å². The van der Waals surface area contributed by atoms with E-state index < -0.39 is 15.9 Å². The van der Waals surface area contributed by atoms with Gasteiger partial charge >= 0.3 is 0 Å². The fourth-order valence-corrected chi connectivity index (χ4v) is 4.52. The molecule has 2 aromatic rings. The maximum atomic E-state index is 13.9. The molecule has 0 aliphatic carbocycles. The SMILES string of the molecule is COc1ccc(S(=O)(=O)N2CCN(c3ccccc3F)CC2)cc1C(N)=O. The fourth-order valence-electron chi connectivity index (χ4n) is 3.07. The lowest BCUT2D eigenvalue weighted by molar-refractivity contribution is 0.0997. The second kappa shape index (κ2) is 7.53. The van der Waals surface area contributed by atoms with E-state index in [0.29, 0.717) is 18.8 Å². The number of methoxy groups -OCH3 is 1. The lowest BCUT2D eigenvalue weighted by atomic mass is 10.2. The van der Waals surface area contributed by atoms with Crippen molar-refractivity contribution in [2.45, 2.75) is 4.90 Å². The highest BCUT2D eigenvalue weighted by Crippen LogP contribution is 2.26. The number of nitrogens with zero attached hydrogens (tertiary/aromatic N) is 2. The Hall–Kier alpha value is -2.65. The minimum Gasteiger partial charge on any atom is -0.496 e. The van der Waals surface area contributed by atoms with Crippen molar-refractivity contribution in [3.05, 3.63) is 53.8 Å². The van der Waals surface area contributed by atoms with Gasteiger partial charge in [0.2, 0.25) is 10.0 Å². The van der Waals surface area contributed by atoms with Crippen LogP contribution in [0.3, 0.4) is 0 Å². The Kier molecular flexibility index (Phi) is 5.33. The summed E-state index contributed by atoms with van der Waals surface area (Å²) in [5.41, 5.74) is 5.77. The number of amides is 1. The number of hydrogen-bond acceptors (Lipinski definition) is 5. The molecule has 2 N–H and O–H groups in total. The molecule has 0 aromatic heterocycles. The van der Waals surface area contributed by atoms with E-state index in [4.69, 9.17) is 10.5 Å². The molecule has 0 saturated carbocycles. The Bertz CT molecular complexity index is 957. The Morgan fingerprint density at radius 1 is 1.11 bits per heavy atom. The summed E-state index contributed by atoms with van der Waals surface area (Å²) in [7, 11) is -2.44. The van der Waals surface area contributed by atoms with E-state index in [0.717, 1.165) is 0 Å². The van der Waals surface area contributed by atoms with Crippen molar-refractivity contribution in [1.29, 1.82) is 0 Å². The number of anilines is 1. The molecule has 27 heavy (non-hydrogen) atoms. The van der Waals surface area contributed by atoms with E-state index in [1.54, 1.807) is 18.2 Å². The van der Waals surface area contributed by atoms with Crippen LogP contribution < -0.4 is 15.4 Å². The largest absolute Gasteiger partial charge is 0.496 e. The number of carbonyl (C=O) groups excluding carboxylic acids is 1. The van der Waals surface area contributed by atoms with Gasteiger partial charge in [-0.3, -0.25) is 4.79 Å². The standard InChI is InChI=1S/C18H20FN3O4S/c1-26-17-7-6-13(12-14(17)18(20)23)27(24,25)22-10-8-21(9-11-22)16-5-3-2-4-15(16)19/h2-7,12H,8-11H2,1H3,(H2,20,23). The molecule has 1 amide bonds.